The number of benzene rings is 1. The number of ether oxygens (including phenoxy) is 1. The van der Waals surface area contributed by atoms with Crippen molar-refractivity contribution in [1.29, 1.82) is 0 Å². The number of nitrogens with zero attached hydrogens (tertiary/aromatic N) is 2. The molecule has 2 fully saturated rings. The molecule has 3 aliphatic heterocycles. The number of methoxy groups -OCH3 is 1. The molecular formula is C23H28N2O4. The maximum atomic E-state index is 13.6. The Morgan fingerprint density at radius 3 is 2.41 bits per heavy atom. The van der Waals surface area contributed by atoms with Crippen molar-refractivity contribution < 1.29 is 19.1 Å². The molecule has 1 aromatic rings. The minimum absolute atomic E-state index is 0.00695. The maximum Gasteiger partial charge on any atom is 0.235 e. The summed E-state index contributed by atoms with van der Waals surface area (Å²) in [5, 5.41) is 0. The van der Waals surface area contributed by atoms with E-state index >= 15 is 0 Å². The standard InChI is InChI=1S/C23H28N2O4/c1-13-12-16-17-18(22(28)24(21(17)27)10-11-29-5)19(20(26)23(2,3)4)25(16)15-9-7-6-8-14(13)15/h6-9,12,16-19H,10-11H2,1-5H3/t16-,17-,18+,19-/m1/s1. The number of ketones is 1. The van der Waals surface area contributed by atoms with Crippen LogP contribution in [0.2, 0.25) is 0 Å². The van der Waals surface area contributed by atoms with Crippen LogP contribution in [0.5, 0.6) is 0 Å². The fourth-order valence-corrected chi connectivity index (χ4v) is 5.01. The lowest BCUT2D eigenvalue weighted by Gasteiger charge is -2.39. The van der Waals surface area contributed by atoms with Crippen molar-refractivity contribution in [3.05, 3.63) is 35.9 Å². The SMILES string of the molecule is COCCN1C(=O)[C@H]2[C@H](C1=O)[C@H](C(=O)C(C)(C)C)N1c3ccccc3C(C)=C[C@H]21. The molecule has 6 nitrogen and oxygen atoms in total. The Hall–Kier alpha value is -2.47. The van der Waals surface area contributed by atoms with Crippen LogP contribution in [0.25, 0.3) is 5.57 Å². The molecule has 3 aliphatic rings. The van der Waals surface area contributed by atoms with Gasteiger partial charge in [0, 0.05) is 23.8 Å². The van der Waals surface area contributed by atoms with Gasteiger partial charge in [0.25, 0.3) is 0 Å². The van der Waals surface area contributed by atoms with Crippen LogP contribution in [0.1, 0.15) is 33.3 Å². The number of allylic oxidation sites excluding steroid dienone is 1. The van der Waals surface area contributed by atoms with Crippen LogP contribution in [-0.2, 0) is 19.1 Å². The number of fused-ring (bicyclic) bond motifs is 5. The number of likely N-dealkylation sites (tertiary alicyclic amines) is 1. The number of imide groups is 1. The molecule has 0 aliphatic carbocycles. The molecule has 2 amide bonds. The summed E-state index contributed by atoms with van der Waals surface area (Å²) in [6.07, 6.45) is 2.06. The number of para-hydroxylation sites is 1. The number of carbonyl (C=O) groups excluding carboxylic acids is 3. The third-order valence-corrected chi connectivity index (χ3v) is 6.37. The summed E-state index contributed by atoms with van der Waals surface area (Å²) in [4.78, 5) is 43.5. The lowest BCUT2D eigenvalue weighted by molar-refractivity contribution is -0.142. The maximum absolute atomic E-state index is 13.6. The number of hydrogen-bond acceptors (Lipinski definition) is 5. The lowest BCUT2D eigenvalue weighted by atomic mass is 9.79. The van der Waals surface area contributed by atoms with Gasteiger partial charge in [-0.15, -0.1) is 0 Å². The van der Waals surface area contributed by atoms with Crippen LogP contribution < -0.4 is 4.90 Å². The molecule has 1 aromatic carbocycles. The van der Waals surface area contributed by atoms with Crippen molar-refractivity contribution in [3.8, 4) is 0 Å². The van der Waals surface area contributed by atoms with Gasteiger partial charge in [-0.05, 0) is 18.6 Å². The number of hydrogen-bond donors (Lipinski definition) is 0. The van der Waals surface area contributed by atoms with Crippen LogP contribution >= 0.6 is 0 Å². The average molecular weight is 396 g/mol. The Morgan fingerprint density at radius 1 is 1.10 bits per heavy atom. The number of carbonyl (C=O) groups is 3. The highest BCUT2D eigenvalue weighted by molar-refractivity contribution is 6.12. The second kappa shape index (κ2) is 6.80. The van der Waals surface area contributed by atoms with E-state index in [9.17, 15) is 14.4 Å². The first-order chi connectivity index (χ1) is 13.7. The van der Waals surface area contributed by atoms with E-state index in [0.29, 0.717) is 6.61 Å². The molecule has 6 heteroatoms. The Kier molecular flexibility index (Phi) is 4.65. The number of rotatable bonds is 4. The van der Waals surface area contributed by atoms with E-state index in [-0.39, 0.29) is 30.2 Å². The second-order valence-corrected chi connectivity index (χ2v) is 9.20. The summed E-state index contributed by atoms with van der Waals surface area (Å²) in [7, 11) is 1.55. The molecule has 29 heavy (non-hydrogen) atoms. The van der Waals surface area contributed by atoms with E-state index in [0.717, 1.165) is 16.8 Å². The first-order valence-electron chi connectivity index (χ1n) is 10.1. The fraction of sp³-hybridized carbons (Fsp3) is 0.522. The third kappa shape index (κ3) is 2.84. The van der Waals surface area contributed by atoms with E-state index in [1.54, 1.807) is 7.11 Å². The summed E-state index contributed by atoms with van der Waals surface area (Å²) in [6, 6.07) is 6.97. The van der Waals surface area contributed by atoms with Gasteiger partial charge in [-0.2, -0.15) is 0 Å². The van der Waals surface area contributed by atoms with Crippen molar-refractivity contribution in [2.45, 2.75) is 39.8 Å². The molecule has 4 rings (SSSR count). The molecule has 0 radical (unpaired) electrons. The van der Waals surface area contributed by atoms with Crippen LogP contribution in [0.15, 0.2) is 30.3 Å². The molecule has 0 saturated carbocycles. The molecule has 0 bridgehead atoms. The predicted molar refractivity (Wildman–Crippen MR) is 110 cm³/mol. The summed E-state index contributed by atoms with van der Waals surface area (Å²) in [6.45, 7) is 8.16. The van der Waals surface area contributed by atoms with Gasteiger partial charge in [0.1, 0.15) is 6.04 Å². The van der Waals surface area contributed by atoms with Crippen molar-refractivity contribution in [2.24, 2.45) is 17.3 Å². The average Bonchev–Trinajstić information content (AvgIpc) is 3.13. The van der Waals surface area contributed by atoms with E-state index in [1.165, 1.54) is 4.90 Å². The summed E-state index contributed by atoms with van der Waals surface area (Å²) in [5.74, 6) is -1.66. The van der Waals surface area contributed by atoms with Crippen molar-refractivity contribution in [1.82, 2.24) is 4.90 Å². The monoisotopic (exact) mass is 396 g/mol. The van der Waals surface area contributed by atoms with Gasteiger partial charge in [-0.3, -0.25) is 19.3 Å². The zero-order chi connectivity index (χ0) is 21.1. The first kappa shape index (κ1) is 19.8. The molecule has 0 unspecified atom stereocenters. The number of anilines is 1. The van der Waals surface area contributed by atoms with Crippen LogP contribution in [0.3, 0.4) is 0 Å². The van der Waals surface area contributed by atoms with Gasteiger partial charge < -0.3 is 9.64 Å². The van der Waals surface area contributed by atoms with Gasteiger partial charge in [0.2, 0.25) is 11.8 Å². The van der Waals surface area contributed by atoms with E-state index in [2.05, 4.69) is 6.08 Å². The van der Waals surface area contributed by atoms with Gasteiger partial charge in [-0.25, -0.2) is 0 Å². The van der Waals surface area contributed by atoms with Gasteiger partial charge in [-0.1, -0.05) is 45.0 Å². The zero-order valence-corrected chi connectivity index (χ0v) is 17.6. The molecule has 3 heterocycles. The normalized spacial score (nSPS) is 28.2. The Morgan fingerprint density at radius 2 is 1.76 bits per heavy atom. The first-order valence-corrected chi connectivity index (χ1v) is 10.1. The molecule has 0 N–H and O–H groups in total. The van der Waals surface area contributed by atoms with Gasteiger partial charge in [0.15, 0.2) is 5.78 Å². The number of amides is 2. The predicted octanol–water partition coefficient (Wildman–Crippen LogP) is 2.52. The lowest BCUT2D eigenvalue weighted by Crippen LogP contribution is -2.51. The topological polar surface area (TPSA) is 66.9 Å². The smallest absolute Gasteiger partial charge is 0.235 e. The van der Waals surface area contributed by atoms with E-state index < -0.39 is 23.3 Å². The van der Waals surface area contributed by atoms with Crippen LogP contribution in [0.4, 0.5) is 5.69 Å². The Bertz CT molecular complexity index is 914. The molecule has 0 spiro atoms. The minimum atomic E-state index is -0.661. The Labute approximate surface area is 171 Å². The fourth-order valence-electron chi connectivity index (χ4n) is 5.01. The molecule has 4 atom stereocenters. The summed E-state index contributed by atoms with van der Waals surface area (Å²) < 4.78 is 5.09. The van der Waals surface area contributed by atoms with Gasteiger partial charge in [0.05, 0.1) is 31.0 Å². The minimum Gasteiger partial charge on any atom is -0.383 e. The van der Waals surface area contributed by atoms with Crippen molar-refractivity contribution >= 4 is 28.9 Å². The molecule has 154 valence electrons. The molecular weight excluding hydrogens is 368 g/mol. The highest BCUT2D eigenvalue weighted by Crippen LogP contribution is 2.50. The molecule has 2 saturated heterocycles. The summed E-state index contributed by atoms with van der Waals surface area (Å²) in [5.41, 5.74) is 2.42. The largest absolute Gasteiger partial charge is 0.383 e. The third-order valence-electron chi connectivity index (χ3n) is 6.37. The second-order valence-electron chi connectivity index (χ2n) is 9.20. The summed E-state index contributed by atoms with van der Waals surface area (Å²) >= 11 is 0. The quantitative estimate of drug-likeness (QED) is 0.732. The molecule has 0 aromatic heterocycles. The Balaban J connectivity index is 1.86. The highest BCUT2D eigenvalue weighted by atomic mass is 16.5. The zero-order valence-electron chi connectivity index (χ0n) is 17.6. The number of Topliss-reactive ketones (excluding diaryl/α,β-unsaturated/α-hetero) is 1. The van der Waals surface area contributed by atoms with Crippen LogP contribution in [-0.4, -0.2) is 54.8 Å². The van der Waals surface area contributed by atoms with E-state index in [4.69, 9.17) is 4.74 Å². The van der Waals surface area contributed by atoms with Gasteiger partial charge >= 0.3 is 0 Å². The highest BCUT2D eigenvalue weighted by Gasteiger charge is 2.64. The van der Waals surface area contributed by atoms with Crippen molar-refractivity contribution in [3.63, 3.8) is 0 Å². The van der Waals surface area contributed by atoms with Crippen molar-refractivity contribution in [2.75, 3.05) is 25.2 Å². The van der Waals surface area contributed by atoms with E-state index in [1.807, 2.05) is 56.9 Å². The van der Waals surface area contributed by atoms with Crippen LogP contribution in [0, 0.1) is 17.3 Å².